The molecule has 266 valence electrons. The number of nitrogens with one attached hydrogen (secondary N) is 3. The minimum Gasteiger partial charge on any atom is -0.543 e. The molecular weight excluding hydrogens is 699 g/mol. The number of carboxylic acids is 1. The monoisotopic (exact) mass is 731 g/mol. The summed E-state index contributed by atoms with van der Waals surface area (Å²) in [5.41, 5.74) is 5.37. The number of methoxy groups -OCH3 is 1. The molecule has 5 N–H and O–H groups in total. The number of carbonyl (C=O) groups excluding carboxylic acids is 5. The molecule has 22 heteroatoms. The highest BCUT2D eigenvalue weighted by Crippen LogP contribution is 2.40. The van der Waals surface area contributed by atoms with Crippen molar-refractivity contribution in [3.05, 3.63) is 47.3 Å². The number of rotatable bonds is 13. The number of imidazole rings is 1. The van der Waals surface area contributed by atoms with E-state index in [2.05, 4.69) is 35.6 Å². The predicted octanol–water partition coefficient (Wildman–Crippen LogP) is -2.26. The number of carbonyl (C=O) groups is 5. The van der Waals surface area contributed by atoms with Gasteiger partial charge in [-0.05, 0) is 26.8 Å². The van der Waals surface area contributed by atoms with Gasteiger partial charge in [0.1, 0.15) is 29.8 Å². The van der Waals surface area contributed by atoms with Crippen LogP contribution in [0.3, 0.4) is 0 Å². The number of hydrogen-bond acceptors (Lipinski definition) is 16. The molecule has 20 nitrogen and oxygen atoms in total. The Labute approximate surface area is 292 Å². The van der Waals surface area contributed by atoms with Crippen molar-refractivity contribution in [2.75, 3.05) is 38.5 Å². The Morgan fingerprint density at radius 3 is 2.64 bits per heavy atom. The van der Waals surface area contributed by atoms with Gasteiger partial charge in [-0.15, -0.1) is 16.3 Å². The summed E-state index contributed by atoms with van der Waals surface area (Å²) in [5.74, 6) is -3.45. The lowest BCUT2D eigenvalue weighted by molar-refractivity contribution is -0.662. The van der Waals surface area contributed by atoms with Crippen LogP contribution in [-0.4, -0.2) is 109 Å². The van der Waals surface area contributed by atoms with Crippen LogP contribution in [-0.2, 0) is 35.2 Å². The number of fused-ring (bicyclic) bond motifs is 2. The molecule has 3 aromatic rings. The van der Waals surface area contributed by atoms with Gasteiger partial charge in [0.15, 0.2) is 17.0 Å². The van der Waals surface area contributed by atoms with Crippen molar-refractivity contribution in [2.45, 2.75) is 44.3 Å². The van der Waals surface area contributed by atoms with E-state index in [1.54, 1.807) is 43.8 Å². The number of oxime groups is 1. The number of aliphatic carboxylic acids is 1. The summed E-state index contributed by atoms with van der Waals surface area (Å²) in [6.45, 7) is 5.30. The number of β-lactam (4-membered cyclic amide) rings is 1. The molecule has 3 aromatic heterocycles. The number of hydrogen-bond donors (Lipinski definition) is 4. The minimum absolute atomic E-state index is 0.0639. The Morgan fingerprint density at radius 1 is 1.20 bits per heavy atom. The molecule has 0 aromatic carbocycles. The van der Waals surface area contributed by atoms with E-state index in [-0.39, 0.29) is 60.2 Å². The molecule has 2 atom stereocenters. The second kappa shape index (κ2) is 15.0. The van der Waals surface area contributed by atoms with E-state index in [4.69, 9.17) is 20.0 Å². The van der Waals surface area contributed by atoms with E-state index in [0.717, 1.165) is 16.4 Å². The number of aromatic nitrogens is 5. The fourth-order valence-electron chi connectivity index (χ4n) is 4.85. The van der Waals surface area contributed by atoms with Crippen molar-refractivity contribution in [1.82, 2.24) is 39.8 Å². The fourth-order valence-corrected chi connectivity index (χ4v) is 6.62. The van der Waals surface area contributed by atoms with Crippen LogP contribution in [0.25, 0.3) is 5.65 Å². The largest absolute Gasteiger partial charge is 0.543 e. The molecule has 0 unspecified atom stereocenters. The molecule has 1 saturated heterocycles. The Hall–Kier alpha value is -5.35. The lowest BCUT2D eigenvalue weighted by Crippen LogP contribution is -2.71. The number of nitrogens with zero attached hydrogens (tertiary/aromatic N) is 7. The molecule has 0 bridgehead atoms. The maximum Gasteiger partial charge on any atom is 0.407 e. The maximum absolute atomic E-state index is 13.3. The molecule has 5 rings (SSSR count). The molecule has 2 aliphatic heterocycles. The molecule has 0 radical (unpaired) electrons. The Morgan fingerprint density at radius 2 is 1.96 bits per heavy atom. The van der Waals surface area contributed by atoms with Crippen molar-refractivity contribution in [2.24, 2.45) is 5.16 Å². The second-order valence-corrected chi connectivity index (χ2v) is 13.6. The highest BCUT2D eigenvalue weighted by Gasteiger charge is 2.53. The van der Waals surface area contributed by atoms with Gasteiger partial charge in [0.25, 0.3) is 17.7 Å². The van der Waals surface area contributed by atoms with Crippen LogP contribution in [0, 0.1) is 0 Å². The first kappa shape index (κ1) is 35.9. The predicted molar refractivity (Wildman–Crippen MR) is 173 cm³/mol. The van der Waals surface area contributed by atoms with E-state index in [1.165, 1.54) is 29.5 Å². The number of alkyl carbamates (subject to hydrolysis) is 1. The van der Waals surface area contributed by atoms with Crippen molar-refractivity contribution in [3.63, 3.8) is 0 Å². The van der Waals surface area contributed by atoms with Crippen molar-refractivity contribution in [3.8, 4) is 0 Å². The highest BCUT2D eigenvalue weighted by molar-refractivity contribution is 8.00. The van der Waals surface area contributed by atoms with Crippen LogP contribution in [0.5, 0.6) is 0 Å². The summed E-state index contributed by atoms with van der Waals surface area (Å²) in [7, 11) is 1.36. The average molecular weight is 732 g/mol. The van der Waals surface area contributed by atoms with Crippen molar-refractivity contribution < 1.29 is 48.0 Å². The van der Waals surface area contributed by atoms with Gasteiger partial charge in [-0.3, -0.25) is 19.3 Å². The van der Waals surface area contributed by atoms with Crippen LogP contribution in [0.15, 0.2) is 41.0 Å². The van der Waals surface area contributed by atoms with Gasteiger partial charge in [0.05, 0.1) is 11.7 Å². The van der Waals surface area contributed by atoms with Crippen molar-refractivity contribution in [1.29, 1.82) is 0 Å². The first-order valence-corrected chi connectivity index (χ1v) is 16.7. The molecule has 4 amide bonds. The average Bonchev–Trinajstić information content (AvgIpc) is 3.67. The van der Waals surface area contributed by atoms with Crippen molar-refractivity contribution >= 4 is 69.6 Å². The molecule has 50 heavy (non-hydrogen) atoms. The second-order valence-electron chi connectivity index (χ2n) is 11.7. The van der Waals surface area contributed by atoms with Crippen LogP contribution < -0.4 is 31.4 Å². The number of ether oxygens (including phenoxy) is 2. The van der Waals surface area contributed by atoms with E-state index in [0.29, 0.717) is 11.2 Å². The number of amides is 4. The summed E-state index contributed by atoms with van der Waals surface area (Å²) >= 11 is 2.09. The molecule has 1 fully saturated rings. The topological polar surface area (TPSA) is 261 Å². The summed E-state index contributed by atoms with van der Waals surface area (Å²) in [6.07, 6.45) is 2.64. The van der Waals surface area contributed by atoms with Gasteiger partial charge in [-0.2, -0.15) is 9.36 Å². The Kier molecular flexibility index (Phi) is 10.8. The zero-order valence-corrected chi connectivity index (χ0v) is 28.8. The first-order chi connectivity index (χ1) is 23.8. The van der Waals surface area contributed by atoms with Crippen LogP contribution in [0.1, 0.15) is 37.1 Å². The molecule has 2 aliphatic rings. The Balaban J connectivity index is 1.24. The zero-order valence-electron chi connectivity index (χ0n) is 27.2. The van der Waals surface area contributed by atoms with Gasteiger partial charge in [0, 0.05) is 49.1 Å². The number of thioether (sulfide) groups is 1. The zero-order chi connectivity index (χ0) is 36.2. The van der Waals surface area contributed by atoms with E-state index < -0.39 is 46.8 Å². The normalized spacial score (nSPS) is 17.6. The van der Waals surface area contributed by atoms with Crippen LogP contribution in [0.2, 0.25) is 0 Å². The number of carboxylic acid groups (broad SMARTS) is 1. The highest BCUT2D eigenvalue weighted by atomic mass is 32.2. The molecule has 0 saturated carbocycles. The third-order valence-corrected chi connectivity index (χ3v) is 8.80. The van der Waals surface area contributed by atoms with Crippen LogP contribution >= 0.6 is 23.3 Å². The molecule has 0 aliphatic carbocycles. The van der Waals surface area contributed by atoms with Gasteiger partial charge < -0.3 is 45.9 Å². The Bertz CT molecular complexity index is 1880. The number of nitrogen functional groups attached to an aromatic ring is 1. The number of anilines is 1. The molecular formula is C28H33N11O9S2. The third-order valence-electron chi connectivity index (χ3n) is 6.92. The lowest BCUT2D eigenvalue weighted by atomic mass is 10.0. The van der Waals surface area contributed by atoms with E-state index in [1.807, 2.05) is 0 Å². The SMILES string of the molecule is COCO/N=C(\C(=O)N[C@@H]1C(=O)N2C(C(=O)[O-])=C(C[n+]3ccn4nc(C(=O)NCCNC(=O)OC(C)(C)C)ccc43)CS[C@H]12)c1nsc(N)n1. The maximum atomic E-state index is 13.3. The fraction of sp³-hybridized carbons (Fsp3) is 0.429. The van der Waals surface area contributed by atoms with Gasteiger partial charge in [0.2, 0.25) is 18.3 Å². The quantitative estimate of drug-likeness (QED) is 0.0361. The standard InChI is InChI=1S/C28H33N11O9S2/c1-28(2,3)48-27(45)31-8-7-30-21(40)15-5-6-16-37(9-10-38(16)34-15)11-14-12-49-24-18(23(42)39(24)19(14)25(43)44)32-22(41)17(35-47-13-46-4)20-33-26(29)50-36-20/h5-6,9-10,18,24H,7-8,11-13H2,1-4H3,(H5-,29,30,31,32,33,36,40,41,43,44,45)/b35-17-/t18-,24-/m1/s1. The van der Waals surface area contributed by atoms with E-state index in [9.17, 15) is 29.1 Å². The van der Waals surface area contributed by atoms with E-state index >= 15 is 0 Å². The lowest BCUT2D eigenvalue weighted by Gasteiger charge is -2.50. The summed E-state index contributed by atoms with van der Waals surface area (Å²) in [6, 6.07) is 2.05. The van der Waals surface area contributed by atoms with Gasteiger partial charge in [-0.25, -0.2) is 9.36 Å². The summed E-state index contributed by atoms with van der Waals surface area (Å²) < 4.78 is 17.1. The first-order valence-electron chi connectivity index (χ1n) is 14.9. The van der Waals surface area contributed by atoms with Gasteiger partial charge >= 0.3 is 11.7 Å². The molecule has 5 heterocycles. The van der Waals surface area contributed by atoms with Gasteiger partial charge in [-0.1, -0.05) is 10.3 Å². The smallest absolute Gasteiger partial charge is 0.407 e. The minimum atomic E-state index is -1.55. The number of nitrogens with two attached hydrogens (primary N) is 1. The molecule has 0 spiro atoms. The summed E-state index contributed by atoms with van der Waals surface area (Å²) in [4.78, 5) is 73.1. The van der Waals surface area contributed by atoms with Crippen LogP contribution in [0.4, 0.5) is 9.93 Å². The third kappa shape index (κ3) is 8.09. The summed E-state index contributed by atoms with van der Waals surface area (Å²) in [5, 5.41) is 27.5.